The van der Waals surface area contributed by atoms with Crippen LogP contribution >= 0.6 is 0 Å². The molecule has 0 aliphatic rings. The highest BCUT2D eigenvalue weighted by Gasteiger charge is 2.32. The number of nitro groups is 1. The van der Waals surface area contributed by atoms with E-state index < -0.39 is 38.6 Å². The fourth-order valence-electron chi connectivity index (χ4n) is 1.99. The molecule has 0 amide bonds. The zero-order valence-corrected chi connectivity index (χ0v) is 12.9. The largest absolute Gasteiger partial charge is 0.394 e. The summed E-state index contributed by atoms with van der Waals surface area (Å²) >= 11 is 0. The standard InChI is InChI=1S/C12H17FN2O5S/c1-7-5-9(13)10(15(17)18)8(2)11(7)21(19,20)14-12(3,4)6-16/h5,14,16H,6H2,1-4H3. The fraction of sp³-hybridized carbons (Fsp3) is 0.500. The van der Waals surface area contributed by atoms with E-state index in [1.807, 2.05) is 0 Å². The average Bonchev–Trinajstić information content (AvgIpc) is 2.25. The molecule has 9 heteroatoms. The quantitative estimate of drug-likeness (QED) is 0.629. The van der Waals surface area contributed by atoms with Gasteiger partial charge in [0.05, 0.1) is 27.5 Å². The van der Waals surface area contributed by atoms with Gasteiger partial charge in [0.25, 0.3) is 0 Å². The fourth-order valence-corrected chi connectivity index (χ4v) is 3.87. The van der Waals surface area contributed by atoms with Crippen LogP contribution in [0, 0.1) is 29.8 Å². The Bertz CT molecular complexity index is 685. The van der Waals surface area contributed by atoms with Gasteiger partial charge in [0.2, 0.25) is 15.8 Å². The highest BCUT2D eigenvalue weighted by Crippen LogP contribution is 2.31. The molecule has 21 heavy (non-hydrogen) atoms. The van der Waals surface area contributed by atoms with Gasteiger partial charge in [0.15, 0.2) is 0 Å². The second-order valence-electron chi connectivity index (χ2n) is 5.38. The van der Waals surface area contributed by atoms with Crippen molar-refractivity contribution in [3.63, 3.8) is 0 Å². The van der Waals surface area contributed by atoms with E-state index in [1.165, 1.54) is 27.7 Å². The summed E-state index contributed by atoms with van der Waals surface area (Å²) in [6.07, 6.45) is 0. The molecular weight excluding hydrogens is 303 g/mol. The molecule has 1 aromatic rings. The molecule has 0 atom stereocenters. The van der Waals surface area contributed by atoms with Gasteiger partial charge >= 0.3 is 5.69 Å². The Morgan fingerprint density at radius 3 is 2.38 bits per heavy atom. The minimum Gasteiger partial charge on any atom is -0.394 e. The number of benzene rings is 1. The maximum atomic E-state index is 13.6. The first-order valence-corrected chi connectivity index (χ1v) is 7.50. The Morgan fingerprint density at radius 1 is 1.43 bits per heavy atom. The molecule has 1 aromatic carbocycles. The lowest BCUT2D eigenvalue weighted by atomic mass is 10.1. The minimum absolute atomic E-state index is 0.0526. The molecule has 0 aliphatic carbocycles. The minimum atomic E-state index is -4.15. The van der Waals surface area contributed by atoms with Crippen molar-refractivity contribution in [3.8, 4) is 0 Å². The number of rotatable bonds is 5. The normalized spacial score (nSPS) is 12.5. The third-order valence-corrected chi connectivity index (χ3v) is 4.87. The topological polar surface area (TPSA) is 110 Å². The van der Waals surface area contributed by atoms with E-state index in [-0.39, 0.29) is 16.0 Å². The number of nitrogens with one attached hydrogen (secondary N) is 1. The summed E-state index contributed by atoms with van der Waals surface area (Å²) in [4.78, 5) is 9.58. The highest BCUT2D eigenvalue weighted by molar-refractivity contribution is 7.89. The Hall–Kier alpha value is -1.58. The molecule has 0 spiro atoms. The molecule has 0 saturated carbocycles. The first-order valence-electron chi connectivity index (χ1n) is 6.02. The molecule has 0 aliphatic heterocycles. The molecule has 0 saturated heterocycles. The molecule has 0 radical (unpaired) electrons. The Balaban J connectivity index is 3.57. The second-order valence-corrected chi connectivity index (χ2v) is 7.00. The molecule has 1 rings (SSSR count). The number of sulfonamides is 1. The van der Waals surface area contributed by atoms with E-state index in [0.29, 0.717) is 0 Å². The monoisotopic (exact) mass is 320 g/mol. The number of aliphatic hydroxyl groups excluding tert-OH is 1. The predicted octanol–water partition coefficient (Wildman–Crippen LogP) is 1.40. The Kier molecular flexibility index (Phi) is 4.71. The predicted molar refractivity (Wildman–Crippen MR) is 74.0 cm³/mol. The number of aryl methyl sites for hydroxylation is 1. The zero-order chi connectivity index (χ0) is 16.6. The lowest BCUT2D eigenvalue weighted by Crippen LogP contribution is -2.46. The van der Waals surface area contributed by atoms with Gasteiger partial charge in [-0.1, -0.05) is 0 Å². The third-order valence-electron chi connectivity index (χ3n) is 2.88. The van der Waals surface area contributed by atoms with Crippen molar-refractivity contribution in [2.24, 2.45) is 0 Å². The number of hydrogen-bond acceptors (Lipinski definition) is 5. The van der Waals surface area contributed by atoms with Gasteiger partial charge in [-0.2, -0.15) is 4.39 Å². The van der Waals surface area contributed by atoms with Gasteiger partial charge < -0.3 is 5.11 Å². The van der Waals surface area contributed by atoms with Gasteiger partial charge in [-0.05, 0) is 39.3 Å². The van der Waals surface area contributed by atoms with Crippen LogP contribution in [0.2, 0.25) is 0 Å². The summed E-state index contributed by atoms with van der Waals surface area (Å²) in [6, 6.07) is 0.811. The van der Waals surface area contributed by atoms with Crippen molar-refractivity contribution in [2.75, 3.05) is 6.61 Å². The molecule has 0 aromatic heterocycles. The van der Waals surface area contributed by atoms with E-state index in [9.17, 15) is 22.9 Å². The van der Waals surface area contributed by atoms with Crippen molar-refractivity contribution < 1.29 is 22.8 Å². The van der Waals surface area contributed by atoms with Crippen LogP contribution in [-0.2, 0) is 10.0 Å². The van der Waals surface area contributed by atoms with Crippen molar-refractivity contribution >= 4 is 15.7 Å². The number of halogens is 1. The van der Waals surface area contributed by atoms with E-state index in [4.69, 9.17) is 5.11 Å². The summed E-state index contributed by atoms with van der Waals surface area (Å²) in [5.74, 6) is -1.09. The van der Waals surface area contributed by atoms with Crippen LogP contribution < -0.4 is 4.72 Å². The summed E-state index contributed by atoms with van der Waals surface area (Å²) in [5.41, 5.74) is -2.25. The lowest BCUT2D eigenvalue weighted by Gasteiger charge is -2.24. The van der Waals surface area contributed by atoms with Gasteiger partial charge in [-0.15, -0.1) is 0 Å². The van der Waals surface area contributed by atoms with Gasteiger partial charge in [-0.3, -0.25) is 10.1 Å². The van der Waals surface area contributed by atoms with Crippen LogP contribution in [0.3, 0.4) is 0 Å². The number of hydrogen-bond donors (Lipinski definition) is 2. The summed E-state index contributed by atoms with van der Waals surface area (Å²) in [5, 5.41) is 20.0. The average molecular weight is 320 g/mol. The van der Waals surface area contributed by atoms with Crippen LogP contribution in [-0.4, -0.2) is 30.6 Å². The van der Waals surface area contributed by atoms with Crippen LogP contribution in [0.15, 0.2) is 11.0 Å². The smallest absolute Gasteiger partial charge is 0.309 e. The first kappa shape index (κ1) is 17.5. The maximum Gasteiger partial charge on any atom is 0.309 e. The van der Waals surface area contributed by atoms with Crippen molar-refractivity contribution in [3.05, 3.63) is 33.1 Å². The van der Waals surface area contributed by atoms with Gasteiger partial charge in [0.1, 0.15) is 0 Å². The van der Waals surface area contributed by atoms with E-state index in [0.717, 1.165) is 6.07 Å². The van der Waals surface area contributed by atoms with Gasteiger partial charge in [-0.25, -0.2) is 13.1 Å². The van der Waals surface area contributed by atoms with E-state index in [2.05, 4.69) is 4.72 Å². The van der Waals surface area contributed by atoms with Crippen LogP contribution in [0.25, 0.3) is 0 Å². The van der Waals surface area contributed by atoms with Gasteiger partial charge in [0, 0.05) is 0 Å². The number of nitro benzene ring substituents is 1. The summed E-state index contributed by atoms with van der Waals surface area (Å²) < 4.78 is 40.6. The van der Waals surface area contributed by atoms with Crippen molar-refractivity contribution in [1.29, 1.82) is 0 Å². The van der Waals surface area contributed by atoms with Crippen molar-refractivity contribution in [2.45, 2.75) is 38.1 Å². The Morgan fingerprint density at radius 2 is 1.95 bits per heavy atom. The van der Waals surface area contributed by atoms with Crippen LogP contribution in [0.4, 0.5) is 10.1 Å². The lowest BCUT2D eigenvalue weighted by molar-refractivity contribution is -0.388. The van der Waals surface area contributed by atoms with E-state index >= 15 is 0 Å². The molecule has 0 fully saturated rings. The molecule has 7 nitrogen and oxygen atoms in total. The number of nitrogens with zero attached hydrogens (tertiary/aromatic N) is 1. The number of aliphatic hydroxyl groups is 1. The summed E-state index contributed by atoms with van der Waals surface area (Å²) in [7, 11) is -4.15. The third kappa shape index (κ3) is 3.55. The zero-order valence-electron chi connectivity index (χ0n) is 12.1. The van der Waals surface area contributed by atoms with E-state index in [1.54, 1.807) is 0 Å². The molecule has 0 heterocycles. The van der Waals surface area contributed by atoms with Crippen LogP contribution in [0.5, 0.6) is 0 Å². The molecular formula is C12H17FN2O5S. The maximum absolute atomic E-state index is 13.6. The SMILES string of the molecule is Cc1cc(F)c([N+](=O)[O-])c(C)c1S(=O)(=O)NC(C)(C)CO. The summed E-state index contributed by atoms with van der Waals surface area (Å²) in [6.45, 7) is 4.96. The molecule has 118 valence electrons. The van der Waals surface area contributed by atoms with Crippen molar-refractivity contribution in [1.82, 2.24) is 4.72 Å². The molecule has 2 N–H and O–H groups in total. The molecule has 0 unspecified atom stereocenters. The van der Waals surface area contributed by atoms with Crippen LogP contribution in [0.1, 0.15) is 25.0 Å². The first-order chi connectivity index (χ1) is 9.43. The second kappa shape index (κ2) is 5.66. The Labute approximate surface area is 122 Å². The molecule has 0 bridgehead atoms. The highest BCUT2D eigenvalue weighted by atomic mass is 32.2.